The van der Waals surface area contributed by atoms with Crippen LogP contribution in [0, 0.1) is 0 Å². The SMILES string of the molecule is COc1ccc(C2CCCCN2C(=O)OCc2ccccc2)cn1. The van der Waals surface area contributed by atoms with Crippen LogP contribution in [0.4, 0.5) is 4.79 Å². The van der Waals surface area contributed by atoms with E-state index >= 15 is 0 Å². The fourth-order valence-corrected chi connectivity index (χ4v) is 3.01. The van der Waals surface area contributed by atoms with Crippen LogP contribution in [0.15, 0.2) is 48.7 Å². The monoisotopic (exact) mass is 326 g/mol. The van der Waals surface area contributed by atoms with E-state index in [0.29, 0.717) is 19.0 Å². The summed E-state index contributed by atoms with van der Waals surface area (Å²) in [6.45, 7) is 1.01. The van der Waals surface area contributed by atoms with Crippen molar-refractivity contribution in [1.82, 2.24) is 9.88 Å². The zero-order valence-corrected chi connectivity index (χ0v) is 13.9. The maximum Gasteiger partial charge on any atom is 0.410 e. The van der Waals surface area contributed by atoms with Crippen molar-refractivity contribution in [2.24, 2.45) is 0 Å². The Labute approximate surface area is 142 Å². The van der Waals surface area contributed by atoms with Crippen molar-refractivity contribution in [2.75, 3.05) is 13.7 Å². The molecule has 1 amide bonds. The molecule has 0 spiro atoms. The lowest BCUT2D eigenvalue weighted by molar-refractivity contribution is 0.0678. The third-order valence-corrected chi connectivity index (χ3v) is 4.30. The van der Waals surface area contributed by atoms with Gasteiger partial charge in [-0.3, -0.25) is 0 Å². The molecule has 2 heterocycles. The minimum Gasteiger partial charge on any atom is -0.481 e. The van der Waals surface area contributed by atoms with Crippen molar-refractivity contribution in [3.8, 4) is 5.88 Å². The van der Waals surface area contributed by atoms with Crippen molar-refractivity contribution in [3.63, 3.8) is 0 Å². The number of rotatable bonds is 4. The number of hydrogen-bond donors (Lipinski definition) is 0. The van der Waals surface area contributed by atoms with Crippen molar-refractivity contribution in [2.45, 2.75) is 31.9 Å². The van der Waals surface area contributed by atoms with Gasteiger partial charge in [0.1, 0.15) is 6.61 Å². The maximum atomic E-state index is 12.5. The van der Waals surface area contributed by atoms with Crippen LogP contribution in [0.5, 0.6) is 5.88 Å². The van der Waals surface area contributed by atoms with Gasteiger partial charge in [-0.1, -0.05) is 36.4 Å². The summed E-state index contributed by atoms with van der Waals surface area (Å²) in [5.74, 6) is 0.577. The molecule has 0 radical (unpaired) electrons. The Hall–Kier alpha value is -2.56. The Morgan fingerprint density at radius 3 is 2.75 bits per heavy atom. The van der Waals surface area contributed by atoms with E-state index in [1.54, 1.807) is 13.3 Å². The topological polar surface area (TPSA) is 51.7 Å². The average molecular weight is 326 g/mol. The highest BCUT2D eigenvalue weighted by molar-refractivity contribution is 5.68. The van der Waals surface area contributed by atoms with Gasteiger partial charge in [-0.2, -0.15) is 0 Å². The normalized spacial score (nSPS) is 17.4. The molecule has 1 unspecified atom stereocenters. The number of benzene rings is 1. The molecular formula is C19H22N2O3. The third-order valence-electron chi connectivity index (χ3n) is 4.30. The zero-order chi connectivity index (χ0) is 16.8. The van der Waals surface area contributed by atoms with Gasteiger partial charge >= 0.3 is 6.09 Å². The number of nitrogens with zero attached hydrogens (tertiary/aromatic N) is 2. The van der Waals surface area contributed by atoms with Crippen LogP contribution < -0.4 is 4.74 Å². The standard InChI is InChI=1S/C19H22N2O3/c1-23-18-11-10-16(13-20-18)17-9-5-6-12-21(17)19(22)24-14-15-7-3-2-4-8-15/h2-4,7-8,10-11,13,17H,5-6,9,12,14H2,1H3. The zero-order valence-electron chi connectivity index (χ0n) is 13.9. The number of aromatic nitrogens is 1. The highest BCUT2D eigenvalue weighted by Crippen LogP contribution is 2.31. The summed E-state index contributed by atoms with van der Waals surface area (Å²) in [5, 5.41) is 0. The van der Waals surface area contributed by atoms with Gasteiger partial charge < -0.3 is 14.4 Å². The fraction of sp³-hybridized carbons (Fsp3) is 0.368. The van der Waals surface area contributed by atoms with Crippen LogP contribution >= 0.6 is 0 Å². The number of pyridine rings is 1. The summed E-state index contributed by atoms with van der Waals surface area (Å²) in [6.07, 6.45) is 4.54. The molecule has 1 fully saturated rings. The first kappa shape index (κ1) is 16.3. The van der Waals surface area contributed by atoms with Crippen molar-refractivity contribution >= 4 is 6.09 Å². The Balaban J connectivity index is 1.67. The molecule has 1 atom stereocenters. The summed E-state index contributed by atoms with van der Waals surface area (Å²) in [7, 11) is 1.59. The summed E-state index contributed by atoms with van der Waals surface area (Å²) < 4.78 is 10.6. The van der Waals surface area contributed by atoms with E-state index in [0.717, 1.165) is 30.4 Å². The van der Waals surface area contributed by atoms with Crippen LogP contribution in [0.25, 0.3) is 0 Å². The van der Waals surface area contributed by atoms with E-state index in [4.69, 9.17) is 9.47 Å². The van der Waals surface area contributed by atoms with Crippen LogP contribution in [0.3, 0.4) is 0 Å². The van der Waals surface area contributed by atoms with Gasteiger partial charge in [0.25, 0.3) is 0 Å². The second kappa shape index (κ2) is 7.81. The predicted octanol–water partition coefficient (Wildman–Crippen LogP) is 3.95. The molecule has 0 aliphatic carbocycles. The quantitative estimate of drug-likeness (QED) is 0.853. The first-order chi connectivity index (χ1) is 11.8. The first-order valence-corrected chi connectivity index (χ1v) is 8.25. The van der Waals surface area contributed by atoms with E-state index in [1.807, 2.05) is 47.4 Å². The summed E-state index contributed by atoms with van der Waals surface area (Å²) in [6, 6.07) is 13.5. The lowest BCUT2D eigenvalue weighted by atomic mass is 9.97. The second-order valence-corrected chi connectivity index (χ2v) is 5.88. The molecule has 126 valence electrons. The Bertz CT molecular complexity index is 658. The van der Waals surface area contributed by atoms with Crippen molar-refractivity contribution in [1.29, 1.82) is 0 Å². The summed E-state index contributed by atoms with van der Waals surface area (Å²) >= 11 is 0. The number of methoxy groups -OCH3 is 1. The average Bonchev–Trinajstić information content (AvgIpc) is 2.67. The van der Waals surface area contributed by atoms with E-state index in [1.165, 1.54) is 0 Å². The van der Waals surface area contributed by atoms with E-state index < -0.39 is 0 Å². The molecule has 1 aromatic heterocycles. The van der Waals surface area contributed by atoms with Gasteiger partial charge in [0.2, 0.25) is 5.88 Å². The van der Waals surface area contributed by atoms with E-state index in [9.17, 15) is 4.79 Å². The molecule has 1 aromatic carbocycles. The Morgan fingerprint density at radius 2 is 2.04 bits per heavy atom. The van der Waals surface area contributed by atoms with E-state index in [-0.39, 0.29) is 12.1 Å². The van der Waals surface area contributed by atoms with Gasteiger partial charge in [0.05, 0.1) is 13.2 Å². The minimum atomic E-state index is -0.264. The fourth-order valence-electron chi connectivity index (χ4n) is 3.01. The largest absolute Gasteiger partial charge is 0.481 e. The number of hydrogen-bond acceptors (Lipinski definition) is 4. The lowest BCUT2D eigenvalue weighted by Crippen LogP contribution is -2.38. The number of ether oxygens (including phenoxy) is 2. The summed E-state index contributed by atoms with van der Waals surface area (Å²) in [4.78, 5) is 18.6. The molecule has 1 aliphatic rings. The first-order valence-electron chi connectivity index (χ1n) is 8.25. The van der Waals surface area contributed by atoms with Gasteiger partial charge in [-0.25, -0.2) is 9.78 Å². The Morgan fingerprint density at radius 1 is 1.21 bits per heavy atom. The van der Waals surface area contributed by atoms with Crippen molar-refractivity contribution < 1.29 is 14.3 Å². The minimum absolute atomic E-state index is 0.0143. The maximum absolute atomic E-state index is 12.5. The smallest absolute Gasteiger partial charge is 0.410 e. The number of carbonyl (C=O) groups excluding carboxylic acids is 1. The molecule has 24 heavy (non-hydrogen) atoms. The third kappa shape index (κ3) is 3.85. The molecule has 5 heteroatoms. The molecule has 0 N–H and O–H groups in total. The van der Waals surface area contributed by atoms with E-state index in [2.05, 4.69) is 4.98 Å². The molecule has 0 saturated carbocycles. The summed E-state index contributed by atoms with van der Waals surface area (Å²) in [5.41, 5.74) is 2.01. The molecule has 1 saturated heterocycles. The highest BCUT2D eigenvalue weighted by Gasteiger charge is 2.29. The lowest BCUT2D eigenvalue weighted by Gasteiger charge is -2.35. The molecule has 1 aliphatic heterocycles. The number of amides is 1. The van der Waals surface area contributed by atoms with Gasteiger partial charge in [-0.15, -0.1) is 0 Å². The molecule has 3 rings (SSSR count). The van der Waals surface area contributed by atoms with Crippen LogP contribution in [0.1, 0.15) is 36.4 Å². The van der Waals surface area contributed by atoms with Crippen molar-refractivity contribution in [3.05, 3.63) is 59.8 Å². The van der Waals surface area contributed by atoms with Crippen LogP contribution in [-0.2, 0) is 11.3 Å². The van der Waals surface area contributed by atoms with Gasteiger partial charge in [0, 0.05) is 18.8 Å². The van der Waals surface area contributed by atoms with Gasteiger partial charge in [-0.05, 0) is 30.4 Å². The number of likely N-dealkylation sites (tertiary alicyclic amines) is 1. The number of piperidine rings is 1. The van der Waals surface area contributed by atoms with Gasteiger partial charge in [0.15, 0.2) is 0 Å². The predicted molar refractivity (Wildman–Crippen MR) is 90.7 cm³/mol. The highest BCUT2D eigenvalue weighted by atomic mass is 16.6. The molecular weight excluding hydrogens is 304 g/mol. The number of carbonyl (C=O) groups is 1. The molecule has 2 aromatic rings. The second-order valence-electron chi connectivity index (χ2n) is 5.88. The van der Waals surface area contributed by atoms with Crippen LogP contribution in [0.2, 0.25) is 0 Å². The Kier molecular flexibility index (Phi) is 5.31. The molecule has 5 nitrogen and oxygen atoms in total. The van der Waals surface area contributed by atoms with Crippen LogP contribution in [-0.4, -0.2) is 29.6 Å². The molecule has 0 bridgehead atoms.